The number of aromatic nitrogens is 2. The van der Waals surface area contributed by atoms with Gasteiger partial charge in [-0.25, -0.2) is 0 Å². The number of amides is 1. The van der Waals surface area contributed by atoms with E-state index in [0.717, 1.165) is 54.6 Å². The number of hydrogen-bond donors (Lipinski definition) is 0. The number of fused-ring (bicyclic) bond motifs is 1. The fourth-order valence-corrected chi connectivity index (χ4v) is 4.51. The summed E-state index contributed by atoms with van der Waals surface area (Å²) in [6.07, 6.45) is 5.44. The molecule has 0 saturated carbocycles. The second-order valence-electron chi connectivity index (χ2n) is 9.79. The zero-order valence-electron chi connectivity index (χ0n) is 23.4. The topological polar surface area (TPSA) is 56.6 Å². The molecule has 3 rings (SSSR count). The molecule has 2 heterocycles. The number of nitrogens with zero attached hydrogens (tertiary/aromatic N) is 3. The molecule has 1 amide bonds. The number of hydrogen-bond acceptors (Lipinski definition) is 4. The molecule has 1 saturated heterocycles. The zero-order valence-corrected chi connectivity index (χ0v) is 23.4. The molecule has 0 aliphatic carbocycles. The molecule has 0 N–H and O–H groups in total. The molecule has 1 aliphatic rings. The number of rotatable bonds is 7. The largest absolute Gasteiger partial charge is 0.497 e. The fraction of sp³-hybridized carbons (Fsp3) is 0.714. The van der Waals surface area contributed by atoms with Crippen molar-refractivity contribution in [1.82, 2.24) is 14.7 Å². The van der Waals surface area contributed by atoms with E-state index in [2.05, 4.69) is 46.4 Å². The van der Waals surface area contributed by atoms with Gasteiger partial charge >= 0.3 is 0 Å². The molecule has 2 aromatic rings. The lowest BCUT2D eigenvalue weighted by Gasteiger charge is -2.28. The third-order valence-corrected chi connectivity index (χ3v) is 5.86. The highest BCUT2D eigenvalue weighted by Crippen LogP contribution is 2.39. The monoisotopic (exact) mass is 475 g/mol. The van der Waals surface area contributed by atoms with E-state index in [4.69, 9.17) is 14.6 Å². The van der Waals surface area contributed by atoms with Crippen LogP contribution in [-0.4, -0.2) is 47.4 Å². The summed E-state index contributed by atoms with van der Waals surface area (Å²) in [6, 6.07) is 6.28. The molecular weight excluding hydrogens is 426 g/mol. The van der Waals surface area contributed by atoms with Gasteiger partial charge in [0.25, 0.3) is 0 Å². The maximum atomic E-state index is 13.1. The number of ether oxygens (including phenoxy) is 2. The van der Waals surface area contributed by atoms with Crippen molar-refractivity contribution in [3.05, 3.63) is 23.9 Å². The first-order chi connectivity index (χ1) is 16.2. The second-order valence-corrected chi connectivity index (χ2v) is 9.79. The van der Waals surface area contributed by atoms with Crippen molar-refractivity contribution >= 4 is 16.8 Å². The van der Waals surface area contributed by atoms with Crippen LogP contribution in [0.1, 0.15) is 99.3 Å². The smallest absolute Gasteiger partial charge is 0.244 e. The van der Waals surface area contributed by atoms with Gasteiger partial charge in [0, 0.05) is 31.1 Å². The van der Waals surface area contributed by atoms with Crippen LogP contribution in [0.25, 0.3) is 10.9 Å². The molecule has 0 bridgehead atoms. The van der Waals surface area contributed by atoms with Gasteiger partial charge in [0.1, 0.15) is 18.4 Å². The average Bonchev–Trinajstić information content (AvgIpc) is 3.40. The SMILES string of the molecule is CC.CCC.CCC[C@H]1CCCN1C(=O)Cn1nc(C(OC)C(C)(C)C)c2ccc(OC)cc21. The van der Waals surface area contributed by atoms with Crippen molar-refractivity contribution in [2.75, 3.05) is 20.8 Å². The van der Waals surface area contributed by atoms with Crippen LogP contribution in [-0.2, 0) is 16.1 Å². The van der Waals surface area contributed by atoms with Crippen LogP contribution in [0, 0.1) is 5.41 Å². The maximum Gasteiger partial charge on any atom is 0.244 e. The van der Waals surface area contributed by atoms with Gasteiger partial charge in [0.2, 0.25) is 5.91 Å². The van der Waals surface area contributed by atoms with Crippen LogP contribution in [0.2, 0.25) is 0 Å². The third kappa shape index (κ3) is 7.46. The molecule has 1 unspecified atom stereocenters. The molecule has 1 aromatic carbocycles. The molecule has 1 fully saturated rings. The lowest BCUT2D eigenvalue weighted by Crippen LogP contribution is -2.37. The molecule has 0 spiro atoms. The molecule has 1 aromatic heterocycles. The lowest BCUT2D eigenvalue weighted by molar-refractivity contribution is -0.132. The van der Waals surface area contributed by atoms with Gasteiger partial charge in [0.05, 0.1) is 18.3 Å². The van der Waals surface area contributed by atoms with Crippen LogP contribution >= 0.6 is 0 Å². The molecular formula is C28H49N3O3. The normalized spacial score (nSPS) is 16.4. The summed E-state index contributed by atoms with van der Waals surface area (Å²) in [6.45, 7) is 17.9. The van der Waals surface area contributed by atoms with Crippen molar-refractivity contribution in [1.29, 1.82) is 0 Å². The zero-order chi connectivity index (χ0) is 25.9. The minimum Gasteiger partial charge on any atom is -0.497 e. The van der Waals surface area contributed by atoms with Crippen molar-refractivity contribution < 1.29 is 14.3 Å². The van der Waals surface area contributed by atoms with E-state index in [0.29, 0.717) is 6.04 Å². The van der Waals surface area contributed by atoms with E-state index in [1.807, 2.05) is 36.7 Å². The Hall–Kier alpha value is -2.08. The standard InChI is InChI=1S/C23H35N3O3.C3H8.C2H6/c1-7-9-16-10-8-13-25(16)20(27)15-26-19-14-17(28-5)11-12-18(19)21(24-26)22(29-6)23(2,3)4;1-3-2;1-2/h11-12,14,16,22H,7-10,13,15H2,1-6H3;3H2,1-2H3;1-2H3/t16-,22?;;/m0../s1. The first-order valence-corrected chi connectivity index (χ1v) is 13.1. The molecule has 194 valence electrons. The van der Waals surface area contributed by atoms with Gasteiger partial charge < -0.3 is 14.4 Å². The minimum atomic E-state index is -0.172. The predicted molar refractivity (Wildman–Crippen MR) is 142 cm³/mol. The van der Waals surface area contributed by atoms with Gasteiger partial charge in [0.15, 0.2) is 0 Å². The first kappa shape index (κ1) is 30.0. The second kappa shape index (κ2) is 14.3. The Morgan fingerprint density at radius 1 is 1.18 bits per heavy atom. The summed E-state index contributed by atoms with van der Waals surface area (Å²) in [5.41, 5.74) is 1.66. The number of benzene rings is 1. The molecule has 0 radical (unpaired) electrons. The van der Waals surface area contributed by atoms with Crippen molar-refractivity contribution in [2.24, 2.45) is 5.41 Å². The summed E-state index contributed by atoms with van der Waals surface area (Å²) in [4.78, 5) is 15.2. The fourth-order valence-electron chi connectivity index (χ4n) is 4.51. The molecule has 2 atom stereocenters. The Labute approximate surface area is 208 Å². The third-order valence-electron chi connectivity index (χ3n) is 5.86. The van der Waals surface area contributed by atoms with Gasteiger partial charge in [-0.2, -0.15) is 5.10 Å². The van der Waals surface area contributed by atoms with E-state index in [9.17, 15) is 4.79 Å². The molecule has 6 heteroatoms. The summed E-state index contributed by atoms with van der Waals surface area (Å²) >= 11 is 0. The van der Waals surface area contributed by atoms with Crippen LogP contribution in [0.15, 0.2) is 18.2 Å². The Bertz CT molecular complexity index is 870. The molecule has 34 heavy (non-hydrogen) atoms. The average molecular weight is 476 g/mol. The number of carbonyl (C=O) groups excluding carboxylic acids is 1. The van der Waals surface area contributed by atoms with E-state index >= 15 is 0 Å². The van der Waals surface area contributed by atoms with Crippen LogP contribution in [0.4, 0.5) is 0 Å². The highest BCUT2D eigenvalue weighted by Gasteiger charge is 2.32. The van der Waals surface area contributed by atoms with E-state index in [1.165, 1.54) is 6.42 Å². The molecule has 1 aliphatic heterocycles. The predicted octanol–water partition coefficient (Wildman–Crippen LogP) is 7.01. The number of likely N-dealkylation sites (tertiary alicyclic amines) is 1. The highest BCUT2D eigenvalue weighted by atomic mass is 16.5. The Balaban J connectivity index is 0.00000107. The quantitative estimate of drug-likeness (QED) is 0.432. The Kier molecular flexibility index (Phi) is 12.6. The van der Waals surface area contributed by atoms with Gasteiger partial charge in [-0.1, -0.05) is 68.2 Å². The number of methoxy groups -OCH3 is 2. The van der Waals surface area contributed by atoms with Gasteiger partial charge in [-0.15, -0.1) is 0 Å². The van der Waals surface area contributed by atoms with Crippen LogP contribution in [0.3, 0.4) is 0 Å². The lowest BCUT2D eigenvalue weighted by atomic mass is 9.86. The minimum absolute atomic E-state index is 0.119. The summed E-state index contributed by atoms with van der Waals surface area (Å²) < 4.78 is 13.1. The van der Waals surface area contributed by atoms with Crippen LogP contribution in [0.5, 0.6) is 5.75 Å². The van der Waals surface area contributed by atoms with Gasteiger partial charge in [-0.3, -0.25) is 9.48 Å². The van der Waals surface area contributed by atoms with E-state index < -0.39 is 0 Å². The maximum absolute atomic E-state index is 13.1. The summed E-state index contributed by atoms with van der Waals surface area (Å²) in [5, 5.41) is 5.88. The van der Waals surface area contributed by atoms with Crippen molar-refractivity contribution in [3.63, 3.8) is 0 Å². The van der Waals surface area contributed by atoms with Crippen molar-refractivity contribution in [3.8, 4) is 5.75 Å². The van der Waals surface area contributed by atoms with Crippen molar-refractivity contribution in [2.45, 2.75) is 106 Å². The summed E-state index contributed by atoms with van der Waals surface area (Å²) in [5.74, 6) is 0.900. The Morgan fingerprint density at radius 3 is 2.35 bits per heavy atom. The van der Waals surface area contributed by atoms with Crippen LogP contribution < -0.4 is 4.74 Å². The first-order valence-electron chi connectivity index (χ1n) is 13.1. The summed E-state index contributed by atoms with van der Waals surface area (Å²) in [7, 11) is 3.37. The highest BCUT2D eigenvalue weighted by molar-refractivity contribution is 5.86. The van der Waals surface area contributed by atoms with Gasteiger partial charge in [-0.05, 0) is 36.8 Å². The molecule has 6 nitrogen and oxygen atoms in total. The number of carbonyl (C=O) groups is 1. The van der Waals surface area contributed by atoms with E-state index in [1.54, 1.807) is 14.2 Å². The Morgan fingerprint density at radius 2 is 1.82 bits per heavy atom. The van der Waals surface area contributed by atoms with E-state index in [-0.39, 0.29) is 24.0 Å².